The van der Waals surface area contributed by atoms with E-state index in [1.54, 1.807) is 5.56 Å². The molecular formula is C30H46O3. The van der Waals surface area contributed by atoms with Crippen molar-refractivity contribution in [1.82, 2.24) is 0 Å². The summed E-state index contributed by atoms with van der Waals surface area (Å²) in [6.45, 7) is 6.08. The lowest BCUT2D eigenvalue weighted by molar-refractivity contribution is -0.232. The minimum Gasteiger partial charge on any atom is -0.366 e. The highest BCUT2D eigenvalue weighted by molar-refractivity contribution is 5.32. The van der Waals surface area contributed by atoms with E-state index in [9.17, 15) is 0 Å². The van der Waals surface area contributed by atoms with Crippen LogP contribution in [0.4, 0.5) is 0 Å². The zero-order valence-electron chi connectivity index (χ0n) is 21.2. The Balaban J connectivity index is 1.25. The highest BCUT2D eigenvalue weighted by Crippen LogP contribution is 2.59. The number of hydrogen-bond donors (Lipinski definition) is 0. The Hall–Kier alpha value is -1.16. The third kappa shape index (κ3) is 6.29. The zero-order chi connectivity index (χ0) is 23.0. The van der Waals surface area contributed by atoms with Crippen LogP contribution in [-0.4, -0.2) is 26.1 Å². The maximum atomic E-state index is 6.08. The van der Waals surface area contributed by atoms with Crippen LogP contribution in [0.15, 0.2) is 36.4 Å². The van der Waals surface area contributed by atoms with E-state index in [1.165, 1.54) is 82.6 Å². The van der Waals surface area contributed by atoms with E-state index in [1.807, 2.05) is 6.08 Å². The Kier molecular flexibility index (Phi) is 9.07. The van der Waals surface area contributed by atoms with Crippen LogP contribution >= 0.6 is 0 Å². The summed E-state index contributed by atoms with van der Waals surface area (Å²) < 4.78 is 17.7. The topological polar surface area (TPSA) is 27.7 Å². The van der Waals surface area contributed by atoms with Gasteiger partial charge in [0.15, 0.2) is 6.29 Å². The van der Waals surface area contributed by atoms with Gasteiger partial charge in [0.1, 0.15) is 6.10 Å². The normalized spacial score (nSPS) is 31.9. The van der Waals surface area contributed by atoms with Crippen molar-refractivity contribution in [2.45, 2.75) is 115 Å². The van der Waals surface area contributed by atoms with E-state index in [4.69, 9.17) is 14.2 Å². The molecule has 1 aromatic rings. The molecule has 33 heavy (non-hydrogen) atoms. The first-order chi connectivity index (χ1) is 16.2. The molecule has 0 aromatic heterocycles. The van der Waals surface area contributed by atoms with Crippen molar-refractivity contribution in [3.63, 3.8) is 0 Å². The van der Waals surface area contributed by atoms with Gasteiger partial charge in [-0.1, -0.05) is 82.4 Å². The lowest BCUT2D eigenvalue weighted by Gasteiger charge is -2.54. The Morgan fingerprint density at radius 2 is 1.58 bits per heavy atom. The van der Waals surface area contributed by atoms with E-state index in [2.05, 4.69) is 44.2 Å². The van der Waals surface area contributed by atoms with Gasteiger partial charge in [0, 0.05) is 0 Å². The van der Waals surface area contributed by atoms with Gasteiger partial charge in [-0.15, -0.1) is 0 Å². The second-order valence-corrected chi connectivity index (χ2v) is 10.9. The molecule has 0 N–H and O–H groups in total. The van der Waals surface area contributed by atoms with Gasteiger partial charge in [-0.2, -0.15) is 0 Å². The van der Waals surface area contributed by atoms with Crippen LogP contribution < -0.4 is 0 Å². The molecule has 2 bridgehead atoms. The molecule has 0 amide bonds. The van der Waals surface area contributed by atoms with Crippen LogP contribution in [0.25, 0.3) is 0 Å². The average molecular weight is 455 g/mol. The Bertz CT molecular complexity index is 705. The predicted molar refractivity (Wildman–Crippen MR) is 135 cm³/mol. The van der Waals surface area contributed by atoms with Gasteiger partial charge in [-0.3, -0.25) is 0 Å². The second kappa shape index (κ2) is 12.0. The first-order valence-electron chi connectivity index (χ1n) is 13.8. The van der Waals surface area contributed by atoms with Crippen LogP contribution in [0.2, 0.25) is 0 Å². The number of benzene rings is 1. The zero-order valence-corrected chi connectivity index (χ0v) is 21.2. The smallest absolute Gasteiger partial charge is 0.181 e. The van der Waals surface area contributed by atoms with E-state index in [0.29, 0.717) is 30.7 Å². The fourth-order valence-electron chi connectivity index (χ4n) is 6.40. The summed E-state index contributed by atoms with van der Waals surface area (Å²) in [5, 5.41) is 0. The summed E-state index contributed by atoms with van der Waals surface area (Å²) in [5.74, 6) is 0. The van der Waals surface area contributed by atoms with Crippen molar-refractivity contribution in [3.8, 4) is 0 Å². The number of ether oxygens (including phenoxy) is 3. The highest BCUT2D eigenvalue weighted by Gasteiger charge is 2.48. The number of unbranched alkanes of at least 4 members (excludes halogenated alkanes) is 4. The van der Waals surface area contributed by atoms with Crippen molar-refractivity contribution in [3.05, 3.63) is 47.5 Å². The fourth-order valence-corrected chi connectivity index (χ4v) is 6.40. The van der Waals surface area contributed by atoms with E-state index < -0.39 is 0 Å². The van der Waals surface area contributed by atoms with Gasteiger partial charge in [0.25, 0.3) is 0 Å². The minimum absolute atomic E-state index is 0.0145. The van der Waals surface area contributed by atoms with Crippen LogP contribution in [-0.2, 0) is 19.6 Å². The van der Waals surface area contributed by atoms with Crippen molar-refractivity contribution in [2.75, 3.05) is 19.8 Å². The summed E-state index contributed by atoms with van der Waals surface area (Å²) in [6, 6.07) is 9.35. The molecule has 2 atom stereocenters. The molecule has 5 rings (SSSR count). The van der Waals surface area contributed by atoms with E-state index >= 15 is 0 Å². The third-order valence-corrected chi connectivity index (χ3v) is 8.75. The molecule has 1 heterocycles. The molecule has 3 heteroatoms. The summed E-state index contributed by atoms with van der Waals surface area (Å²) in [5.41, 5.74) is 3.89. The van der Waals surface area contributed by atoms with Crippen LogP contribution in [0.3, 0.4) is 0 Å². The standard InChI is InChI=1S/C30H46O3/c1-3-5-7-8-9-15-29-16-19-30(20-17-29,21-18-29)26-13-11-25(12-14-26)27-23-33-28(24-32-27)31-22-10-6-4-2/h6,10-14,27-28H,3-5,7-9,15-24H2,1-2H3/t27-,28+,29?,30?/m0/s1. The van der Waals surface area contributed by atoms with Crippen LogP contribution in [0.5, 0.6) is 0 Å². The van der Waals surface area contributed by atoms with E-state index in [0.717, 1.165) is 6.42 Å². The quantitative estimate of drug-likeness (QED) is 0.236. The molecule has 3 nitrogen and oxygen atoms in total. The largest absolute Gasteiger partial charge is 0.366 e. The molecule has 3 saturated carbocycles. The molecule has 1 aromatic carbocycles. The average Bonchev–Trinajstić information content (AvgIpc) is 2.88. The first kappa shape index (κ1) is 24.9. The predicted octanol–water partition coefficient (Wildman–Crippen LogP) is 8.04. The van der Waals surface area contributed by atoms with Crippen LogP contribution in [0, 0.1) is 5.41 Å². The lowest BCUT2D eigenvalue weighted by atomic mass is 9.51. The number of fused-ring (bicyclic) bond motifs is 3. The maximum absolute atomic E-state index is 6.08. The Labute approximate surface area is 202 Å². The van der Waals surface area contributed by atoms with Gasteiger partial charge in [-0.25, -0.2) is 0 Å². The van der Waals surface area contributed by atoms with Gasteiger partial charge in [-0.05, 0) is 73.3 Å². The SMILES string of the molecule is CCC=CCO[C@H]1CO[C@H](c2ccc(C34CCC(CCCCCCC)(CC3)CC4)cc2)CO1. The molecule has 4 fully saturated rings. The summed E-state index contributed by atoms with van der Waals surface area (Å²) >= 11 is 0. The Morgan fingerprint density at radius 1 is 0.848 bits per heavy atom. The molecule has 3 aliphatic carbocycles. The van der Waals surface area contributed by atoms with Crippen molar-refractivity contribution in [2.24, 2.45) is 5.41 Å². The fraction of sp³-hybridized carbons (Fsp3) is 0.733. The van der Waals surface area contributed by atoms with Gasteiger partial charge in [0.2, 0.25) is 0 Å². The van der Waals surface area contributed by atoms with Crippen LogP contribution in [0.1, 0.15) is 115 Å². The van der Waals surface area contributed by atoms with Crippen molar-refractivity contribution >= 4 is 0 Å². The van der Waals surface area contributed by atoms with Crippen molar-refractivity contribution < 1.29 is 14.2 Å². The second-order valence-electron chi connectivity index (χ2n) is 10.9. The molecule has 1 saturated heterocycles. The maximum Gasteiger partial charge on any atom is 0.181 e. The minimum atomic E-state index is -0.252. The molecule has 1 aliphatic heterocycles. The number of rotatable bonds is 12. The van der Waals surface area contributed by atoms with E-state index in [-0.39, 0.29) is 12.4 Å². The molecular weight excluding hydrogens is 408 g/mol. The number of allylic oxidation sites excluding steroid dienone is 1. The van der Waals surface area contributed by atoms with Gasteiger partial charge >= 0.3 is 0 Å². The lowest BCUT2D eigenvalue weighted by Crippen LogP contribution is -2.44. The summed E-state index contributed by atoms with van der Waals surface area (Å²) in [7, 11) is 0. The molecule has 0 spiro atoms. The first-order valence-corrected chi connectivity index (χ1v) is 13.8. The van der Waals surface area contributed by atoms with Gasteiger partial charge < -0.3 is 14.2 Å². The third-order valence-electron chi connectivity index (χ3n) is 8.75. The molecule has 0 radical (unpaired) electrons. The monoisotopic (exact) mass is 454 g/mol. The van der Waals surface area contributed by atoms with Crippen molar-refractivity contribution in [1.29, 1.82) is 0 Å². The Morgan fingerprint density at radius 3 is 2.21 bits per heavy atom. The van der Waals surface area contributed by atoms with Gasteiger partial charge in [0.05, 0.1) is 19.8 Å². The molecule has 0 unspecified atom stereocenters. The molecule has 4 aliphatic rings. The summed E-state index contributed by atoms with van der Waals surface area (Å²) in [4.78, 5) is 0. The molecule has 184 valence electrons. The number of hydrogen-bond acceptors (Lipinski definition) is 3. The highest BCUT2D eigenvalue weighted by atomic mass is 16.7. The summed E-state index contributed by atoms with van der Waals surface area (Å²) in [6.07, 6.45) is 22.0.